The van der Waals surface area contributed by atoms with Gasteiger partial charge in [-0.05, 0) is 43.5 Å². The Hall–Kier alpha value is -2.61. The van der Waals surface area contributed by atoms with Crippen LogP contribution in [-0.2, 0) is 0 Å². The third-order valence-corrected chi connectivity index (χ3v) is 3.76. The van der Waals surface area contributed by atoms with Crippen molar-refractivity contribution in [1.82, 2.24) is 0 Å². The molecule has 0 spiro atoms. The van der Waals surface area contributed by atoms with Crippen LogP contribution in [-0.4, -0.2) is 11.4 Å². The first kappa shape index (κ1) is 10.3. The molecule has 0 aliphatic carbocycles. The van der Waals surface area contributed by atoms with Crippen molar-refractivity contribution in [3.05, 3.63) is 60.2 Å². The minimum atomic E-state index is 0.999. The van der Waals surface area contributed by atoms with Crippen LogP contribution in [0.25, 0.3) is 32.3 Å². The lowest BCUT2D eigenvalue weighted by Gasteiger charge is -2.11. The van der Waals surface area contributed by atoms with Crippen LogP contribution in [0.4, 0.5) is 0 Å². The molecule has 0 saturated heterocycles. The fourth-order valence-electron chi connectivity index (χ4n) is 2.98. The molecule has 2 N–H and O–H groups in total. The third-order valence-electron chi connectivity index (χ3n) is 3.76. The van der Waals surface area contributed by atoms with Gasteiger partial charge in [-0.25, -0.2) is 0 Å². The lowest BCUT2D eigenvalue weighted by atomic mass is 9.92. The van der Waals surface area contributed by atoms with Crippen molar-refractivity contribution in [2.45, 2.75) is 0 Å². The molecule has 0 saturated carbocycles. The zero-order valence-electron chi connectivity index (χ0n) is 10.2. The number of benzene rings is 4. The average molecular weight is 246 g/mol. The van der Waals surface area contributed by atoms with Gasteiger partial charge in [-0.15, -0.1) is 0 Å². The van der Waals surface area contributed by atoms with Gasteiger partial charge in [0, 0.05) is 0 Å². The van der Waals surface area contributed by atoms with Gasteiger partial charge in [0.2, 0.25) is 6.21 Å². The summed E-state index contributed by atoms with van der Waals surface area (Å²) in [5.74, 6) is 0. The minimum absolute atomic E-state index is 0.999. The molecular formula is C17H12NO+. The Morgan fingerprint density at radius 2 is 1.47 bits per heavy atom. The van der Waals surface area contributed by atoms with Crippen molar-refractivity contribution in [2.24, 2.45) is 0 Å². The lowest BCUT2D eigenvalue weighted by Crippen LogP contribution is -2.64. The Kier molecular flexibility index (Phi) is 2.00. The minimum Gasteiger partial charge on any atom is -0.293 e. The highest BCUT2D eigenvalue weighted by molar-refractivity contribution is 6.25. The fourth-order valence-corrected chi connectivity index (χ4v) is 2.98. The van der Waals surface area contributed by atoms with Gasteiger partial charge in [0.15, 0.2) is 0 Å². The summed E-state index contributed by atoms with van der Waals surface area (Å²) >= 11 is 0. The second-order valence-electron chi connectivity index (χ2n) is 4.79. The van der Waals surface area contributed by atoms with Crippen LogP contribution in [0.3, 0.4) is 0 Å². The van der Waals surface area contributed by atoms with Crippen molar-refractivity contribution in [3.63, 3.8) is 0 Å². The Bertz CT molecular complexity index is 924. The Morgan fingerprint density at radius 1 is 0.789 bits per heavy atom. The molecule has 0 bridgehead atoms. The van der Waals surface area contributed by atoms with E-state index in [1.807, 2.05) is 0 Å². The average Bonchev–Trinajstić information content (AvgIpc) is 2.46. The molecule has 90 valence electrons. The van der Waals surface area contributed by atoms with Gasteiger partial charge < -0.3 is 0 Å². The van der Waals surface area contributed by atoms with E-state index in [-0.39, 0.29) is 0 Å². The smallest absolute Gasteiger partial charge is 0.220 e. The monoisotopic (exact) mass is 246 g/mol. The summed E-state index contributed by atoms with van der Waals surface area (Å²) in [5, 5.41) is 18.5. The molecule has 0 unspecified atom stereocenters. The van der Waals surface area contributed by atoms with Crippen LogP contribution in [0, 0.1) is 0 Å². The topological polar surface area (TPSA) is 34.2 Å². The Balaban J connectivity index is 2.39. The normalized spacial score (nSPS) is 12.2. The first-order valence-electron chi connectivity index (χ1n) is 6.28. The molecule has 0 fully saturated rings. The molecule has 0 aliphatic heterocycles. The van der Waals surface area contributed by atoms with E-state index in [4.69, 9.17) is 5.21 Å². The highest BCUT2D eigenvalue weighted by Gasteiger charge is 2.11. The van der Waals surface area contributed by atoms with Crippen molar-refractivity contribution in [1.29, 1.82) is 0 Å². The van der Waals surface area contributed by atoms with E-state index in [0.29, 0.717) is 0 Å². The quantitative estimate of drug-likeness (QED) is 0.230. The number of hydrogen-bond acceptors (Lipinski definition) is 1. The molecule has 2 heteroatoms. The number of rotatable bonds is 1. The van der Waals surface area contributed by atoms with Crippen molar-refractivity contribution in [3.8, 4) is 0 Å². The fraction of sp³-hybridized carbons (Fsp3) is 0. The maximum Gasteiger partial charge on any atom is 0.220 e. The highest BCUT2D eigenvalue weighted by atomic mass is 16.4. The van der Waals surface area contributed by atoms with Crippen molar-refractivity contribution < 1.29 is 10.4 Å². The summed E-state index contributed by atoms with van der Waals surface area (Å²) in [4.78, 5) is 0. The summed E-state index contributed by atoms with van der Waals surface area (Å²) in [6.07, 6.45) is 1.63. The maximum atomic E-state index is 8.97. The molecule has 2 nitrogen and oxygen atoms in total. The van der Waals surface area contributed by atoms with E-state index in [0.717, 1.165) is 10.9 Å². The first-order chi connectivity index (χ1) is 9.38. The number of hydrogen-bond donors (Lipinski definition) is 2. The molecular weight excluding hydrogens is 234 g/mol. The van der Waals surface area contributed by atoms with Gasteiger partial charge in [0.1, 0.15) is 0 Å². The summed E-state index contributed by atoms with van der Waals surface area (Å²) in [6, 6.07) is 19.0. The molecule has 0 amide bonds. The largest absolute Gasteiger partial charge is 0.293 e. The highest BCUT2D eigenvalue weighted by Crippen LogP contribution is 2.35. The van der Waals surface area contributed by atoms with Crippen LogP contribution in [0.15, 0.2) is 54.6 Å². The molecule has 0 aromatic heterocycles. The van der Waals surface area contributed by atoms with Gasteiger partial charge in [0.05, 0.1) is 5.56 Å². The SMILES string of the molecule is O[NH+]=Cc1cc2cccc3ccc4cccc1c4c32. The van der Waals surface area contributed by atoms with E-state index in [2.05, 4.69) is 59.8 Å². The molecule has 4 aromatic carbocycles. The van der Waals surface area contributed by atoms with E-state index < -0.39 is 0 Å². The predicted molar refractivity (Wildman–Crippen MR) is 78.1 cm³/mol. The predicted octanol–water partition coefficient (Wildman–Crippen LogP) is 2.47. The van der Waals surface area contributed by atoms with Crippen LogP contribution >= 0.6 is 0 Å². The molecule has 0 aliphatic rings. The summed E-state index contributed by atoms with van der Waals surface area (Å²) < 4.78 is 0. The van der Waals surface area contributed by atoms with Gasteiger partial charge >= 0.3 is 0 Å². The molecule has 0 radical (unpaired) electrons. The Labute approximate surface area is 109 Å². The van der Waals surface area contributed by atoms with Crippen LogP contribution in [0.1, 0.15) is 5.56 Å². The Morgan fingerprint density at radius 3 is 2.26 bits per heavy atom. The molecule has 4 rings (SSSR count). The number of nitrogens with one attached hydrogen (secondary N) is 1. The van der Waals surface area contributed by atoms with Gasteiger partial charge in [-0.1, -0.05) is 48.5 Å². The van der Waals surface area contributed by atoms with Crippen molar-refractivity contribution >= 4 is 38.5 Å². The molecule has 0 heterocycles. The molecule has 19 heavy (non-hydrogen) atoms. The standard InChI is InChI=1S/C17H11NO/c19-18-10-14-9-13-5-1-3-11-7-8-12-4-2-6-15(14)17(12)16(11)13/h1-10,19H/p+1. The summed E-state index contributed by atoms with van der Waals surface area (Å²) in [7, 11) is 0. The second-order valence-corrected chi connectivity index (χ2v) is 4.79. The molecule has 0 atom stereocenters. The van der Waals surface area contributed by atoms with E-state index in [1.54, 1.807) is 6.21 Å². The van der Waals surface area contributed by atoms with Crippen LogP contribution in [0.2, 0.25) is 0 Å². The van der Waals surface area contributed by atoms with Crippen molar-refractivity contribution in [2.75, 3.05) is 0 Å². The zero-order chi connectivity index (χ0) is 12.8. The van der Waals surface area contributed by atoms with Gasteiger partial charge in [-0.3, -0.25) is 5.21 Å². The van der Waals surface area contributed by atoms with Crippen LogP contribution in [0.5, 0.6) is 0 Å². The zero-order valence-corrected chi connectivity index (χ0v) is 10.2. The summed E-state index contributed by atoms with van der Waals surface area (Å²) in [6.45, 7) is 0. The lowest BCUT2D eigenvalue weighted by molar-refractivity contribution is -0.733. The van der Waals surface area contributed by atoms with E-state index in [9.17, 15) is 0 Å². The third kappa shape index (κ3) is 1.34. The van der Waals surface area contributed by atoms with Gasteiger partial charge in [0.25, 0.3) is 0 Å². The maximum absolute atomic E-state index is 8.97. The van der Waals surface area contributed by atoms with Crippen LogP contribution < -0.4 is 5.16 Å². The van der Waals surface area contributed by atoms with Gasteiger partial charge in [-0.2, -0.15) is 0 Å². The summed E-state index contributed by atoms with van der Waals surface area (Å²) in [5.41, 5.74) is 0.999. The first-order valence-corrected chi connectivity index (χ1v) is 6.28. The molecule has 4 aromatic rings. The second kappa shape index (κ2) is 3.69. The van der Waals surface area contributed by atoms with E-state index in [1.165, 1.54) is 26.9 Å². The van der Waals surface area contributed by atoms with E-state index >= 15 is 0 Å².